The highest BCUT2D eigenvalue weighted by Crippen LogP contribution is 2.35. The minimum Gasteiger partial charge on any atom is -0.478 e. The van der Waals surface area contributed by atoms with Crippen molar-refractivity contribution in [1.29, 1.82) is 0 Å². The predicted molar refractivity (Wildman–Crippen MR) is 110 cm³/mol. The third kappa shape index (κ3) is 8.32. The molecule has 0 spiro atoms. The van der Waals surface area contributed by atoms with E-state index in [0.29, 0.717) is 19.0 Å². The van der Waals surface area contributed by atoms with Crippen LogP contribution in [0, 0.1) is 0 Å². The maximum Gasteiger partial charge on any atom is 0.349 e. The van der Waals surface area contributed by atoms with Gasteiger partial charge in [-0.1, -0.05) is 93.5 Å². The number of hydrogen-bond acceptors (Lipinski definition) is 3. The predicted octanol–water partition coefficient (Wildman–Crippen LogP) is 6.57. The van der Waals surface area contributed by atoms with Crippen LogP contribution in [0.3, 0.4) is 0 Å². The first-order valence-corrected chi connectivity index (χ1v) is 11.3. The molecule has 1 rings (SSSR count). The molecule has 2 atom stereocenters. The Balaban J connectivity index is 1.95. The van der Waals surface area contributed by atoms with Gasteiger partial charge in [0, 0.05) is 12.5 Å². The lowest BCUT2D eigenvalue weighted by atomic mass is 9.98. The molecular weight excluding hydrogens is 396 g/mol. The summed E-state index contributed by atoms with van der Waals surface area (Å²) in [7, 11) is 0. The molecule has 1 aliphatic rings. The Morgan fingerprint density at radius 3 is 2.04 bits per heavy atom. The fraction of sp³-hybridized carbons (Fsp3) is 0.857. The van der Waals surface area contributed by atoms with E-state index in [-0.39, 0.29) is 4.83 Å². The summed E-state index contributed by atoms with van der Waals surface area (Å²) >= 11 is 3.34. The Morgan fingerprint density at radius 1 is 1.12 bits per heavy atom. The molecule has 0 bridgehead atoms. The average Bonchev–Trinajstić information content (AvgIpc) is 3.05. The SMILES string of the molecule is CCCCCCCCCCCCCCOC1=CCC(C(=O)O)(C(C)Br)O1. The fourth-order valence-corrected chi connectivity index (χ4v) is 3.72. The fourth-order valence-electron chi connectivity index (χ4n) is 3.25. The van der Waals surface area contributed by atoms with E-state index < -0.39 is 11.6 Å². The molecule has 4 nitrogen and oxygen atoms in total. The highest BCUT2D eigenvalue weighted by molar-refractivity contribution is 9.09. The molecule has 0 saturated heterocycles. The summed E-state index contributed by atoms with van der Waals surface area (Å²) in [5.41, 5.74) is -1.23. The van der Waals surface area contributed by atoms with E-state index in [1.165, 1.54) is 64.2 Å². The minimum absolute atomic E-state index is 0.281. The molecule has 1 N–H and O–H groups in total. The van der Waals surface area contributed by atoms with Crippen molar-refractivity contribution in [2.75, 3.05) is 6.61 Å². The summed E-state index contributed by atoms with van der Waals surface area (Å²) in [6.45, 7) is 4.64. The van der Waals surface area contributed by atoms with Gasteiger partial charge in [-0.2, -0.15) is 0 Å². The Kier molecular flexibility index (Phi) is 12.1. The monoisotopic (exact) mass is 432 g/mol. The van der Waals surface area contributed by atoms with Crippen molar-refractivity contribution in [3.8, 4) is 0 Å². The Hall–Kier alpha value is -0.710. The molecule has 5 heteroatoms. The van der Waals surface area contributed by atoms with E-state index in [2.05, 4.69) is 22.9 Å². The number of alkyl halides is 1. The number of carboxylic acid groups (broad SMARTS) is 1. The van der Waals surface area contributed by atoms with Gasteiger partial charge < -0.3 is 14.6 Å². The molecule has 1 aliphatic heterocycles. The standard InChI is InChI=1S/C21H37BrO4/c1-3-4-5-6-7-8-9-10-11-12-13-14-17-25-19-15-16-21(26-19,18(2)22)20(23)24/h15,18H,3-14,16-17H2,1-2H3,(H,23,24). The molecule has 0 saturated carbocycles. The number of hydrogen-bond donors (Lipinski definition) is 1. The second-order valence-corrected chi connectivity index (χ2v) is 8.75. The van der Waals surface area contributed by atoms with E-state index >= 15 is 0 Å². The smallest absolute Gasteiger partial charge is 0.349 e. The largest absolute Gasteiger partial charge is 0.478 e. The zero-order chi connectivity index (χ0) is 19.3. The first-order valence-electron chi connectivity index (χ1n) is 10.4. The second kappa shape index (κ2) is 13.5. The molecule has 1 heterocycles. The third-order valence-corrected chi connectivity index (χ3v) is 5.84. The Labute approximate surface area is 167 Å². The van der Waals surface area contributed by atoms with Crippen molar-refractivity contribution in [3.63, 3.8) is 0 Å². The maximum atomic E-state index is 11.5. The summed E-state index contributed by atoms with van der Waals surface area (Å²) in [6, 6.07) is 0. The van der Waals surface area contributed by atoms with Crippen LogP contribution in [0.4, 0.5) is 0 Å². The molecular formula is C21H37BrO4. The highest BCUT2D eigenvalue weighted by Gasteiger charge is 2.49. The third-order valence-electron chi connectivity index (χ3n) is 5.10. The van der Waals surface area contributed by atoms with Crippen molar-refractivity contribution < 1.29 is 19.4 Å². The van der Waals surface area contributed by atoms with Gasteiger partial charge in [0.15, 0.2) is 0 Å². The van der Waals surface area contributed by atoms with E-state index in [4.69, 9.17) is 9.47 Å². The van der Waals surface area contributed by atoms with Gasteiger partial charge in [-0.15, -0.1) is 0 Å². The number of ether oxygens (including phenoxy) is 2. The van der Waals surface area contributed by atoms with Gasteiger partial charge in [-0.25, -0.2) is 4.79 Å². The maximum absolute atomic E-state index is 11.5. The molecule has 0 fully saturated rings. The topological polar surface area (TPSA) is 55.8 Å². The number of rotatable bonds is 16. The van der Waals surface area contributed by atoms with Crippen molar-refractivity contribution in [2.24, 2.45) is 0 Å². The van der Waals surface area contributed by atoms with Crippen LogP contribution in [-0.2, 0) is 14.3 Å². The van der Waals surface area contributed by atoms with Crippen molar-refractivity contribution in [3.05, 3.63) is 12.0 Å². The van der Waals surface area contributed by atoms with Gasteiger partial charge in [0.25, 0.3) is 5.95 Å². The van der Waals surface area contributed by atoms with Crippen LogP contribution in [0.1, 0.15) is 97.3 Å². The molecule has 0 aromatic heterocycles. The first kappa shape index (κ1) is 23.3. The van der Waals surface area contributed by atoms with Crippen LogP contribution in [0.2, 0.25) is 0 Å². The number of carbonyl (C=O) groups is 1. The highest BCUT2D eigenvalue weighted by atomic mass is 79.9. The zero-order valence-corrected chi connectivity index (χ0v) is 18.2. The average molecular weight is 433 g/mol. The van der Waals surface area contributed by atoms with Gasteiger partial charge in [0.1, 0.15) is 0 Å². The number of halogens is 1. The molecule has 0 aromatic rings. The molecule has 2 unspecified atom stereocenters. The first-order chi connectivity index (χ1) is 12.5. The van der Waals surface area contributed by atoms with Crippen LogP contribution in [0.5, 0.6) is 0 Å². The number of unbranched alkanes of at least 4 members (excludes halogenated alkanes) is 11. The van der Waals surface area contributed by atoms with Crippen LogP contribution in [0.15, 0.2) is 12.0 Å². The van der Waals surface area contributed by atoms with Gasteiger partial charge in [-0.05, 0) is 13.3 Å². The van der Waals surface area contributed by atoms with E-state index in [1.807, 2.05) is 0 Å². The van der Waals surface area contributed by atoms with Crippen LogP contribution in [0.25, 0.3) is 0 Å². The van der Waals surface area contributed by atoms with E-state index in [1.54, 1.807) is 13.0 Å². The second-order valence-electron chi connectivity index (χ2n) is 7.38. The summed E-state index contributed by atoms with van der Waals surface area (Å²) in [5, 5.41) is 9.39. The molecule has 0 radical (unpaired) electrons. The molecule has 0 aliphatic carbocycles. The summed E-state index contributed by atoms with van der Waals surface area (Å²) < 4.78 is 11.2. The van der Waals surface area contributed by atoms with Gasteiger partial charge in [0.05, 0.1) is 11.4 Å². The van der Waals surface area contributed by atoms with Crippen molar-refractivity contribution in [1.82, 2.24) is 0 Å². The normalized spacial score (nSPS) is 20.5. The Bertz CT molecular complexity index is 422. The zero-order valence-electron chi connectivity index (χ0n) is 16.6. The van der Waals surface area contributed by atoms with E-state index in [9.17, 15) is 9.90 Å². The number of carboxylic acids is 1. The molecule has 26 heavy (non-hydrogen) atoms. The lowest BCUT2D eigenvalue weighted by molar-refractivity contribution is -0.163. The van der Waals surface area contributed by atoms with Crippen LogP contribution < -0.4 is 0 Å². The summed E-state index contributed by atoms with van der Waals surface area (Å²) in [6.07, 6.45) is 17.8. The van der Waals surface area contributed by atoms with Crippen molar-refractivity contribution in [2.45, 2.75) is 108 Å². The Morgan fingerprint density at radius 2 is 1.62 bits per heavy atom. The van der Waals surface area contributed by atoms with E-state index in [0.717, 1.165) is 12.8 Å². The molecule has 0 amide bonds. The lowest BCUT2D eigenvalue weighted by Gasteiger charge is -2.27. The van der Waals surface area contributed by atoms with Crippen LogP contribution in [-0.4, -0.2) is 28.1 Å². The lowest BCUT2D eigenvalue weighted by Crippen LogP contribution is -2.45. The summed E-state index contributed by atoms with van der Waals surface area (Å²) in [4.78, 5) is 11.2. The van der Waals surface area contributed by atoms with Gasteiger partial charge in [0.2, 0.25) is 5.60 Å². The van der Waals surface area contributed by atoms with Crippen molar-refractivity contribution >= 4 is 21.9 Å². The van der Waals surface area contributed by atoms with Gasteiger partial charge in [-0.3, -0.25) is 0 Å². The minimum atomic E-state index is -1.23. The quantitative estimate of drug-likeness (QED) is 0.221. The number of aliphatic carboxylic acids is 1. The molecule has 152 valence electrons. The summed E-state index contributed by atoms with van der Waals surface area (Å²) in [5.74, 6) is -0.594. The van der Waals surface area contributed by atoms with Gasteiger partial charge >= 0.3 is 5.97 Å². The molecule has 0 aromatic carbocycles. The van der Waals surface area contributed by atoms with Crippen LogP contribution >= 0.6 is 15.9 Å².